The van der Waals surface area contributed by atoms with E-state index in [0.717, 1.165) is 3.57 Å². The van der Waals surface area contributed by atoms with Crippen LogP contribution in [0.2, 0.25) is 0 Å². The van der Waals surface area contributed by atoms with E-state index in [1.54, 1.807) is 6.07 Å². The minimum Gasteiger partial charge on any atom is -0.506 e. The average Bonchev–Trinajstić information content (AvgIpc) is 1.83. The van der Waals surface area contributed by atoms with Crippen molar-refractivity contribution in [2.75, 3.05) is 0 Å². The van der Waals surface area contributed by atoms with Crippen molar-refractivity contribution < 1.29 is 5.11 Å². The molecule has 9 heavy (non-hydrogen) atoms. The monoisotopic (exact) mass is 252 g/mol. The standard InChI is InChI=1S/C6H5IOS/c7-4-2-1-3-5(9)6(4)8/h1-3,8-9H. The lowest BCUT2D eigenvalue weighted by atomic mass is 10.3. The van der Waals surface area contributed by atoms with Crippen molar-refractivity contribution in [2.24, 2.45) is 0 Å². The van der Waals surface area contributed by atoms with Crippen molar-refractivity contribution in [2.45, 2.75) is 4.90 Å². The second-order valence-corrected chi connectivity index (χ2v) is 3.25. The summed E-state index contributed by atoms with van der Waals surface area (Å²) in [4.78, 5) is 0.627. The van der Waals surface area contributed by atoms with Crippen LogP contribution in [0.4, 0.5) is 0 Å². The summed E-state index contributed by atoms with van der Waals surface area (Å²) in [5, 5.41) is 9.12. The van der Waals surface area contributed by atoms with Gasteiger partial charge in [0.1, 0.15) is 5.75 Å². The van der Waals surface area contributed by atoms with Crippen molar-refractivity contribution in [3.63, 3.8) is 0 Å². The van der Waals surface area contributed by atoms with Crippen LogP contribution in [0.15, 0.2) is 23.1 Å². The molecule has 0 aliphatic carbocycles. The molecule has 0 aliphatic rings. The molecule has 1 aromatic rings. The molecule has 1 N–H and O–H groups in total. The molecule has 0 aromatic heterocycles. The molecule has 3 heteroatoms. The first kappa shape index (κ1) is 7.21. The highest BCUT2D eigenvalue weighted by Crippen LogP contribution is 2.25. The maximum atomic E-state index is 9.12. The second-order valence-electron chi connectivity index (χ2n) is 1.61. The Hall–Kier alpha value is 0.100. The highest BCUT2D eigenvalue weighted by Gasteiger charge is 1.97. The molecule has 0 saturated heterocycles. The lowest BCUT2D eigenvalue weighted by Gasteiger charge is -1.96. The molecule has 0 spiro atoms. The van der Waals surface area contributed by atoms with Gasteiger partial charge < -0.3 is 5.11 Å². The van der Waals surface area contributed by atoms with E-state index in [2.05, 4.69) is 35.2 Å². The topological polar surface area (TPSA) is 20.2 Å². The summed E-state index contributed by atoms with van der Waals surface area (Å²) in [5.74, 6) is 0.265. The van der Waals surface area contributed by atoms with Crippen molar-refractivity contribution in [1.82, 2.24) is 0 Å². The summed E-state index contributed by atoms with van der Waals surface area (Å²) < 4.78 is 0.833. The molecule has 0 heterocycles. The van der Waals surface area contributed by atoms with Crippen LogP contribution >= 0.6 is 35.2 Å². The molecule has 0 aliphatic heterocycles. The fourth-order valence-electron chi connectivity index (χ4n) is 0.504. The molecule has 0 radical (unpaired) electrons. The number of phenolic OH excluding ortho intramolecular Hbond substituents is 1. The SMILES string of the molecule is Oc1c(S)cccc1I. The Morgan fingerprint density at radius 2 is 2.11 bits per heavy atom. The predicted molar refractivity (Wildman–Crippen MR) is 48.1 cm³/mol. The number of aromatic hydroxyl groups is 1. The van der Waals surface area contributed by atoms with Gasteiger partial charge in [0.2, 0.25) is 0 Å². The largest absolute Gasteiger partial charge is 0.506 e. The lowest BCUT2D eigenvalue weighted by molar-refractivity contribution is 0.459. The summed E-state index contributed by atoms with van der Waals surface area (Å²) in [6.45, 7) is 0. The van der Waals surface area contributed by atoms with Crippen molar-refractivity contribution in [1.29, 1.82) is 0 Å². The van der Waals surface area contributed by atoms with Gasteiger partial charge in [-0.25, -0.2) is 0 Å². The third-order valence-electron chi connectivity index (χ3n) is 0.965. The number of para-hydroxylation sites is 1. The Morgan fingerprint density at radius 3 is 2.56 bits per heavy atom. The van der Waals surface area contributed by atoms with E-state index in [1.807, 2.05) is 12.1 Å². The molecule has 0 unspecified atom stereocenters. The quantitative estimate of drug-likeness (QED) is 0.536. The van der Waals surface area contributed by atoms with E-state index in [1.165, 1.54) is 0 Å². The van der Waals surface area contributed by atoms with Gasteiger partial charge in [0.05, 0.1) is 3.57 Å². The Balaban J connectivity index is 3.25. The van der Waals surface area contributed by atoms with Crippen LogP contribution in [0.25, 0.3) is 0 Å². The average molecular weight is 252 g/mol. The number of hydrogen-bond donors (Lipinski definition) is 2. The van der Waals surface area contributed by atoms with Crippen LogP contribution in [0.1, 0.15) is 0 Å². The highest BCUT2D eigenvalue weighted by molar-refractivity contribution is 14.1. The van der Waals surface area contributed by atoms with Gasteiger partial charge in [0.15, 0.2) is 0 Å². The van der Waals surface area contributed by atoms with Crippen LogP contribution in [-0.4, -0.2) is 5.11 Å². The second kappa shape index (κ2) is 2.79. The van der Waals surface area contributed by atoms with E-state index in [-0.39, 0.29) is 5.75 Å². The number of benzene rings is 1. The third kappa shape index (κ3) is 1.52. The highest BCUT2D eigenvalue weighted by atomic mass is 127. The molecule has 0 atom stereocenters. The van der Waals surface area contributed by atoms with E-state index in [9.17, 15) is 0 Å². The molecular weight excluding hydrogens is 247 g/mol. The third-order valence-corrected chi connectivity index (χ3v) is 2.20. The molecular formula is C6H5IOS. The van der Waals surface area contributed by atoms with Crippen LogP contribution in [0.3, 0.4) is 0 Å². The van der Waals surface area contributed by atoms with Crippen LogP contribution in [0, 0.1) is 3.57 Å². The number of hydrogen-bond acceptors (Lipinski definition) is 2. The molecule has 1 aromatic carbocycles. The molecule has 0 saturated carbocycles. The molecule has 1 nitrogen and oxygen atoms in total. The number of phenols is 1. The molecule has 0 bridgehead atoms. The number of halogens is 1. The van der Waals surface area contributed by atoms with Crippen LogP contribution in [0.5, 0.6) is 5.75 Å². The van der Waals surface area contributed by atoms with E-state index >= 15 is 0 Å². The Kier molecular flexibility index (Phi) is 2.23. The zero-order valence-corrected chi connectivity index (χ0v) is 7.56. The predicted octanol–water partition coefficient (Wildman–Crippen LogP) is 2.29. The van der Waals surface area contributed by atoms with Gasteiger partial charge >= 0.3 is 0 Å². The van der Waals surface area contributed by atoms with E-state index in [4.69, 9.17) is 5.11 Å². The van der Waals surface area contributed by atoms with E-state index < -0.39 is 0 Å². The van der Waals surface area contributed by atoms with Gasteiger partial charge in [0.25, 0.3) is 0 Å². The Morgan fingerprint density at radius 1 is 1.44 bits per heavy atom. The molecule has 1 rings (SSSR count). The van der Waals surface area contributed by atoms with Crippen molar-refractivity contribution in [3.05, 3.63) is 21.8 Å². The summed E-state index contributed by atoms with van der Waals surface area (Å²) in [7, 11) is 0. The first-order chi connectivity index (χ1) is 4.22. The van der Waals surface area contributed by atoms with Gasteiger partial charge in [-0.3, -0.25) is 0 Å². The number of rotatable bonds is 0. The zero-order chi connectivity index (χ0) is 6.85. The number of thiol groups is 1. The minimum atomic E-state index is 0.265. The molecule has 48 valence electrons. The summed E-state index contributed by atoms with van der Waals surface area (Å²) in [6, 6.07) is 5.43. The normalized spacial score (nSPS) is 9.56. The Labute approximate surface area is 72.6 Å². The smallest absolute Gasteiger partial charge is 0.142 e. The van der Waals surface area contributed by atoms with Crippen LogP contribution in [-0.2, 0) is 0 Å². The van der Waals surface area contributed by atoms with Gasteiger partial charge in [0, 0.05) is 4.90 Å². The van der Waals surface area contributed by atoms with Crippen LogP contribution < -0.4 is 0 Å². The maximum Gasteiger partial charge on any atom is 0.142 e. The van der Waals surface area contributed by atoms with Gasteiger partial charge in [-0.1, -0.05) is 6.07 Å². The van der Waals surface area contributed by atoms with Gasteiger partial charge in [-0.2, -0.15) is 0 Å². The zero-order valence-electron chi connectivity index (χ0n) is 4.50. The minimum absolute atomic E-state index is 0.265. The fraction of sp³-hybridized carbons (Fsp3) is 0. The first-order valence-electron chi connectivity index (χ1n) is 2.38. The summed E-state index contributed by atoms with van der Waals surface area (Å²) >= 11 is 6.06. The van der Waals surface area contributed by atoms with Gasteiger partial charge in [-0.15, -0.1) is 12.6 Å². The summed E-state index contributed by atoms with van der Waals surface area (Å²) in [5.41, 5.74) is 0. The first-order valence-corrected chi connectivity index (χ1v) is 3.91. The Bertz CT molecular complexity index is 204. The van der Waals surface area contributed by atoms with E-state index in [0.29, 0.717) is 4.90 Å². The van der Waals surface area contributed by atoms with Gasteiger partial charge in [-0.05, 0) is 34.7 Å². The van der Waals surface area contributed by atoms with Crippen molar-refractivity contribution >= 4 is 35.2 Å². The molecule has 0 fully saturated rings. The molecule has 0 amide bonds. The van der Waals surface area contributed by atoms with Crippen molar-refractivity contribution in [3.8, 4) is 5.75 Å². The lowest BCUT2D eigenvalue weighted by Crippen LogP contribution is -1.73. The fourth-order valence-corrected chi connectivity index (χ4v) is 1.42. The maximum absolute atomic E-state index is 9.12. The summed E-state index contributed by atoms with van der Waals surface area (Å²) in [6.07, 6.45) is 0.